The van der Waals surface area contributed by atoms with Gasteiger partial charge in [-0.05, 0) is 43.9 Å². The molecule has 3 aromatic rings. The molecule has 0 atom stereocenters. The summed E-state index contributed by atoms with van der Waals surface area (Å²) in [6, 6.07) is 3.44. The first kappa shape index (κ1) is 21.7. The van der Waals surface area contributed by atoms with Gasteiger partial charge in [0, 0.05) is 19.1 Å². The van der Waals surface area contributed by atoms with E-state index in [9.17, 15) is 18.0 Å². The Morgan fingerprint density at radius 2 is 1.97 bits per heavy atom. The van der Waals surface area contributed by atoms with Gasteiger partial charge in [-0.25, -0.2) is 9.67 Å². The summed E-state index contributed by atoms with van der Waals surface area (Å²) in [6.07, 6.45) is 2.41. The average Bonchev–Trinajstić information content (AvgIpc) is 3.19. The number of alkyl halides is 3. The second-order valence-electron chi connectivity index (χ2n) is 7.98. The summed E-state index contributed by atoms with van der Waals surface area (Å²) < 4.78 is 43.1. The van der Waals surface area contributed by atoms with Crippen LogP contribution in [0.25, 0.3) is 5.69 Å². The minimum atomic E-state index is -4.54. The zero-order valence-electron chi connectivity index (χ0n) is 17.5. The predicted molar refractivity (Wildman–Crippen MR) is 115 cm³/mol. The number of hydrogen-bond acceptors (Lipinski definition) is 7. The summed E-state index contributed by atoms with van der Waals surface area (Å²) >= 11 is 1.23. The summed E-state index contributed by atoms with van der Waals surface area (Å²) in [5, 5.41) is 15.8. The molecule has 0 bridgehead atoms. The first-order valence-corrected chi connectivity index (χ1v) is 11.6. The van der Waals surface area contributed by atoms with Gasteiger partial charge in [-0.1, -0.05) is 11.8 Å². The molecule has 1 amide bonds. The van der Waals surface area contributed by atoms with Crippen molar-refractivity contribution in [2.45, 2.75) is 43.1 Å². The first-order valence-electron chi connectivity index (χ1n) is 10.6. The highest BCUT2D eigenvalue weighted by atomic mass is 32.2. The molecule has 0 radical (unpaired) electrons. The van der Waals surface area contributed by atoms with E-state index < -0.39 is 17.6 Å². The van der Waals surface area contributed by atoms with Gasteiger partial charge in [0.05, 0.1) is 22.7 Å². The molecule has 2 fully saturated rings. The molecule has 3 heterocycles. The maximum Gasteiger partial charge on any atom is 0.416 e. The van der Waals surface area contributed by atoms with E-state index in [-0.39, 0.29) is 17.1 Å². The molecule has 0 unspecified atom stereocenters. The zero-order valence-corrected chi connectivity index (χ0v) is 18.3. The normalized spacial score (nSPS) is 16.4. The topological polar surface area (TPSA) is 93.8 Å². The summed E-state index contributed by atoms with van der Waals surface area (Å²) in [5.41, 5.74) is -0.572. The van der Waals surface area contributed by atoms with Crippen LogP contribution in [0.4, 0.5) is 24.8 Å². The van der Waals surface area contributed by atoms with Gasteiger partial charge in [0.15, 0.2) is 5.16 Å². The second-order valence-corrected chi connectivity index (χ2v) is 8.93. The number of carbonyl (C=O) groups excluding carboxylic acids is 1. The number of anilines is 2. The minimum Gasteiger partial charge on any atom is -0.341 e. The molecule has 1 aliphatic heterocycles. The molecule has 2 aromatic heterocycles. The van der Waals surface area contributed by atoms with Crippen molar-refractivity contribution in [2.75, 3.05) is 29.1 Å². The highest BCUT2D eigenvalue weighted by Gasteiger charge is 2.33. The number of hydrogen-bond donors (Lipinski definition) is 1. The number of nitrogens with one attached hydrogen (secondary N) is 1. The maximum atomic E-state index is 13.2. The van der Waals surface area contributed by atoms with E-state index in [4.69, 9.17) is 0 Å². The highest BCUT2D eigenvalue weighted by molar-refractivity contribution is 7.99. The smallest absolute Gasteiger partial charge is 0.341 e. The lowest BCUT2D eigenvalue weighted by Gasteiger charge is -2.18. The van der Waals surface area contributed by atoms with Crippen LogP contribution >= 0.6 is 11.8 Å². The van der Waals surface area contributed by atoms with Crippen LogP contribution in [0.3, 0.4) is 0 Å². The molecule has 1 N–H and O–H groups in total. The fraction of sp³-hybridized carbons (Fsp3) is 0.450. The number of amides is 1. The largest absolute Gasteiger partial charge is 0.416 e. The summed E-state index contributed by atoms with van der Waals surface area (Å²) in [5.74, 6) is 0.371. The van der Waals surface area contributed by atoms with Crippen molar-refractivity contribution in [3.05, 3.63) is 36.4 Å². The van der Waals surface area contributed by atoms with Crippen molar-refractivity contribution in [1.82, 2.24) is 29.5 Å². The molecule has 1 aromatic carbocycles. The number of rotatable bonds is 7. The Morgan fingerprint density at radius 1 is 1.18 bits per heavy atom. The van der Waals surface area contributed by atoms with E-state index in [0.29, 0.717) is 11.2 Å². The quantitative estimate of drug-likeness (QED) is 0.519. The van der Waals surface area contributed by atoms with Crippen molar-refractivity contribution >= 4 is 29.3 Å². The number of halogens is 3. The number of carbonyl (C=O) groups is 1. The molecule has 174 valence electrons. The molecule has 2 aliphatic rings. The van der Waals surface area contributed by atoms with Gasteiger partial charge in [0.25, 0.3) is 0 Å². The summed E-state index contributed by atoms with van der Waals surface area (Å²) in [4.78, 5) is 18.7. The third-order valence-electron chi connectivity index (χ3n) is 5.54. The lowest BCUT2D eigenvalue weighted by molar-refractivity contribution is -0.137. The van der Waals surface area contributed by atoms with E-state index in [0.717, 1.165) is 56.9 Å². The molecule has 1 saturated carbocycles. The van der Waals surface area contributed by atoms with Crippen molar-refractivity contribution in [2.24, 2.45) is 0 Å². The van der Waals surface area contributed by atoms with Gasteiger partial charge < -0.3 is 10.2 Å². The summed E-state index contributed by atoms with van der Waals surface area (Å²) in [7, 11) is 0. The predicted octanol–water partition coefficient (Wildman–Crippen LogP) is 3.54. The molecule has 1 saturated heterocycles. The lowest BCUT2D eigenvalue weighted by Crippen LogP contribution is -2.22. The second kappa shape index (κ2) is 8.69. The SMILES string of the molecule is O=C(CSc1nnc(N2CCCC2)n1C1CC1)Nc1cc(C(F)(F)F)ccc1-n1cncn1. The Balaban J connectivity index is 1.33. The lowest BCUT2D eigenvalue weighted by atomic mass is 10.1. The van der Waals surface area contributed by atoms with Gasteiger partial charge >= 0.3 is 6.18 Å². The Hall–Kier alpha value is -3.09. The molecule has 33 heavy (non-hydrogen) atoms. The number of nitrogens with zero attached hydrogens (tertiary/aromatic N) is 7. The zero-order chi connectivity index (χ0) is 23.0. The van der Waals surface area contributed by atoms with Crippen molar-refractivity contribution < 1.29 is 18.0 Å². The third-order valence-corrected chi connectivity index (χ3v) is 6.49. The van der Waals surface area contributed by atoms with E-state index >= 15 is 0 Å². The highest BCUT2D eigenvalue weighted by Crippen LogP contribution is 2.41. The van der Waals surface area contributed by atoms with Crippen molar-refractivity contribution in [1.29, 1.82) is 0 Å². The van der Waals surface area contributed by atoms with Crippen LogP contribution < -0.4 is 10.2 Å². The van der Waals surface area contributed by atoms with Crippen molar-refractivity contribution in [3.63, 3.8) is 0 Å². The molecular formula is C20H21F3N8OS. The van der Waals surface area contributed by atoms with E-state index in [1.54, 1.807) is 0 Å². The molecular weight excluding hydrogens is 457 g/mol. The molecule has 9 nitrogen and oxygen atoms in total. The van der Waals surface area contributed by atoms with Crippen LogP contribution in [0, 0.1) is 0 Å². The van der Waals surface area contributed by atoms with E-state index in [1.807, 2.05) is 0 Å². The minimum absolute atomic E-state index is 0.00217. The Labute approximate surface area is 191 Å². The Bertz CT molecular complexity index is 1140. The van der Waals surface area contributed by atoms with Crippen LogP contribution in [-0.2, 0) is 11.0 Å². The van der Waals surface area contributed by atoms with Crippen LogP contribution in [0.1, 0.15) is 37.3 Å². The standard InChI is InChI=1S/C20H21F3N8OS/c21-20(22,23)13-3-6-16(30-12-24-11-25-30)15(9-13)26-17(32)10-33-19-28-27-18(29-7-1-2-8-29)31(19)14-4-5-14/h3,6,9,11-12,14H,1-2,4-5,7-8,10H2,(H,26,32). The Kier molecular flexibility index (Phi) is 5.72. The monoisotopic (exact) mass is 478 g/mol. The number of aromatic nitrogens is 6. The average molecular weight is 479 g/mol. The maximum absolute atomic E-state index is 13.2. The van der Waals surface area contributed by atoms with Gasteiger partial charge in [0.2, 0.25) is 11.9 Å². The van der Waals surface area contributed by atoms with E-state index in [2.05, 4.69) is 35.1 Å². The van der Waals surface area contributed by atoms with E-state index in [1.165, 1.54) is 35.2 Å². The van der Waals surface area contributed by atoms with Crippen LogP contribution in [0.15, 0.2) is 36.0 Å². The van der Waals surface area contributed by atoms with Crippen LogP contribution in [0.5, 0.6) is 0 Å². The molecule has 0 spiro atoms. The number of benzene rings is 1. The van der Waals surface area contributed by atoms with Gasteiger partial charge in [-0.3, -0.25) is 9.36 Å². The van der Waals surface area contributed by atoms with Crippen LogP contribution in [0.2, 0.25) is 0 Å². The fourth-order valence-corrected chi connectivity index (χ4v) is 4.61. The fourth-order valence-electron chi connectivity index (χ4n) is 3.81. The van der Waals surface area contributed by atoms with Crippen molar-refractivity contribution in [3.8, 4) is 5.69 Å². The molecule has 13 heteroatoms. The Morgan fingerprint density at radius 3 is 2.64 bits per heavy atom. The molecule has 5 rings (SSSR count). The molecule has 1 aliphatic carbocycles. The third kappa shape index (κ3) is 4.68. The van der Waals surface area contributed by atoms with Gasteiger partial charge in [0.1, 0.15) is 12.7 Å². The number of thioether (sulfide) groups is 1. The summed E-state index contributed by atoms with van der Waals surface area (Å²) in [6.45, 7) is 1.88. The first-order chi connectivity index (χ1) is 15.9. The van der Waals surface area contributed by atoms with Gasteiger partial charge in [-0.15, -0.1) is 10.2 Å². The van der Waals surface area contributed by atoms with Crippen LogP contribution in [-0.4, -0.2) is 54.3 Å². The van der Waals surface area contributed by atoms with Gasteiger partial charge in [-0.2, -0.15) is 18.3 Å².